The van der Waals surface area contributed by atoms with E-state index in [4.69, 9.17) is 4.52 Å². The lowest BCUT2D eigenvalue weighted by Gasteiger charge is -2.25. The zero-order valence-corrected chi connectivity index (χ0v) is 12.3. The summed E-state index contributed by atoms with van der Waals surface area (Å²) in [6, 6.07) is 11.5. The fourth-order valence-corrected chi connectivity index (χ4v) is 2.19. The number of aromatic nitrogens is 1. The summed E-state index contributed by atoms with van der Waals surface area (Å²) in [5, 5.41) is 16.4. The molecule has 0 aliphatic carbocycles. The van der Waals surface area contributed by atoms with Crippen LogP contribution in [-0.4, -0.2) is 21.8 Å². The van der Waals surface area contributed by atoms with Crippen LogP contribution in [-0.2, 0) is 11.3 Å². The van der Waals surface area contributed by atoms with E-state index in [0.29, 0.717) is 18.7 Å². The van der Waals surface area contributed by atoms with Crippen molar-refractivity contribution in [2.45, 2.75) is 38.8 Å². The highest BCUT2D eigenvalue weighted by Gasteiger charge is 2.31. The minimum Gasteiger partial charge on any atom is -0.480 e. The standard InChI is InChI=1S/C16H20N2O3/c1-3-9-16(2,15(19)20)17-11-13-10-14(18-21-13)12-7-5-4-6-8-12/h4-8,10,17H,3,9,11H2,1-2H3,(H,19,20). The van der Waals surface area contributed by atoms with Crippen molar-refractivity contribution in [1.29, 1.82) is 0 Å². The molecule has 5 nitrogen and oxygen atoms in total. The molecule has 112 valence electrons. The SMILES string of the molecule is CCCC(C)(NCc1cc(-c2ccccc2)no1)C(=O)O. The van der Waals surface area contributed by atoms with Gasteiger partial charge in [-0.05, 0) is 13.3 Å². The minimum atomic E-state index is -0.950. The summed E-state index contributed by atoms with van der Waals surface area (Å²) in [7, 11) is 0. The molecular weight excluding hydrogens is 268 g/mol. The maximum absolute atomic E-state index is 11.4. The van der Waals surface area contributed by atoms with E-state index in [2.05, 4.69) is 10.5 Å². The van der Waals surface area contributed by atoms with Gasteiger partial charge >= 0.3 is 5.97 Å². The fraction of sp³-hybridized carbons (Fsp3) is 0.375. The summed E-state index contributed by atoms with van der Waals surface area (Å²) in [6.07, 6.45) is 1.35. The van der Waals surface area contributed by atoms with Gasteiger partial charge in [-0.3, -0.25) is 10.1 Å². The summed E-state index contributed by atoms with van der Waals surface area (Å²) in [5.41, 5.74) is 0.774. The highest BCUT2D eigenvalue weighted by molar-refractivity contribution is 5.78. The molecule has 0 radical (unpaired) electrons. The van der Waals surface area contributed by atoms with E-state index in [1.54, 1.807) is 6.92 Å². The predicted molar refractivity (Wildman–Crippen MR) is 79.7 cm³/mol. The first-order valence-corrected chi connectivity index (χ1v) is 7.04. The van der Waals surface area contributed by atoms with Crippen LogP contribution in [0.15, 0.2) is 40.9 Å². The molecule has 1 aromatic heterocycles. The number of benzene rings is 1. The molecule has 1 unspecified atom stereocenters. The molecule has 0 saturated heterocycles. The maximum Gasteiger partial charge on any atom is 0.323 e. The van der Waals surface area contributed by atoms with Crippen LogP contribution < -0.4 is 5.32 Å². The lowest BCUT2D eigenvalue weighted by Crippen LogP contribution is -2.48. The van der Waals surface area contributed by atoms with Gasteiger partial charge in [0.25, 0.3) is 0 Å². The molecule has 0 saturated carbocycles. The van der Waals surface area contributed by atoms with Gasteiger partial charge in [-0.25, -0.2) is 0 Å². The van der Waals surface area contributed by atoms with E-state index in [1.165, 1.54) is 0 Å². The van der Waals surface area contributed by atoms with E-state index >= 15 is 0 Å². The molecule has 5 heteroatoms. The van der Waals surface area contributed by atoms with Gasteiger partial charge in [0, 0.05) is 11.6 Å². The van der Waals surface area contributed by atoms with E-state index in [-0.39, 0.29) is 0 Å². The molecule has 0 bridgehead atoms. The number of rotatable bonds is 7. The van der Waals surface area contributed by atoms with Crippen molar-refractivity contribution in [1.82, 2.24) is 10.5 Å². The molecule has 0 aliphatic heterocycles. The number of nitrogens with one attached hydrogen (secondary N) is 1. The Bertz CT molecular complexity index is 595. The minimum absolute atomic E-state index is 0.336. The Morgan fingerprint density at radius 3 is 2.71 bits per heavy atom. The molecule has 0 fully saturated rings. The summed E-state index contributed by atoms with van der Waals surface area (Å²) in [4.78, 5) is 11.4. The first-order chi connectivity index (χ1) is 10.0. The van der Waals surface area contributed by atoms with Gasteiger partial charge < -0.3 is 9.63 Å². The Labute approximate surface area is 124 Å². The average Bonchev–Trinajstić information content (AvgIpc) is 2.95. The molecule has 2 rings (SSSR count). The van der Waals surface area contributed by atoms with Crippen LogP contribution in [0.4, 0.5) is 0 Å². The van der Waals surface area contributed by atoms with Crippen molar-refractivity contribution in [2.24, 2.45) is 0 Å². The van der Waals surface area contributed by atoms with Crippen molar-refractivity contribution < 1.29 is 14.4 Å². The zero-order valence-electron chi connectivity index (χ0n) is 12.3. The Balaban J connectivity index is 2.04. The van der Waals surface area contributed by atoms with Crippen LogP contribution in [0.25, 0.3) is 11.3 Å². The predicted octanol–water partition coefficient (Wildman–Crippen LogP) is 3.07. The molecule has 21 heavy (non-hydrogen) atoms. The Morgan fingerprint density at radius 2 is 2.10 bits per heavy atom. The van der Waals surface area contributed by atoms with Gasteiger partial charge in [-0.1, -0.05) is 48.8 Å². The van der Waals surface area contributed by atoms with Crippen molar-refractivity contribution in [3.8, 4) is 11.3 Å². The van der Waals surface area contributed by atoms with Gasteiger partial charge in [0.2, 0.25) is 0 Å². The van der Waals surface area contributed by atoms with Crippen molar-refractivity contribution >= 4 is 5.97 Å². The van der Waals surface area contributed by atoms with Crippen molar-refractivity contribution in [3.05, 3.63) is 42.2 Å². The molecule has 1 heterocycles. The molecule has 2 N–H and O–H groups in total. The lowest BCUT2D eigenvalue weighted by atomic mass is 9.96. The van der Waals surface area contributed by atoms with Crippen LogP contribution in [0.1, 0.15) is 32.4 Å². The number of nitrogens with zero attached hydrogens (tertiary/aromatic N) is 1. The van der Waals surface area contributed by atoms with Crippen LogP contribution in [0.2, 0.25) is 0 Å². The number of hydrogen-bond acceptors (Lipinski definition) is 4. The second-order valence-electron chi connectivity index (χ2n) is 5.29. The van der Waals surface area contributed by atoms with Gasteiger partial charge in [-0.2, -0.15) is 0 Å². The second-order valence-corrected chi connectivity index (χ2v) is 5.29. The molecule has 0 amide bonds. The van der Waals surface area contributed by atoms with Gasteiger partial charge in [0.1, 0.15) is 11.2 Å². The Morgan fingerprint density at radius 1 is 1.38 bits per heavy atom. The van der Waals surface area contributed by atoms with Crippen LogP contribution in [0.3, 0.4) is 0 Å². The molecular formula is C16H20N2O3. The van der Waals surface area contributed by atoms with Crippen LogP contribution in [0, 0.1) is 0 Å². The number of carboxylic acids is 1. The van der Waals surface area contributed by atoms with E-state index in [1.807, 2.05) is 43.3 Å². The van der Waals surface area contributed by atoms with Crippen molar-refractivity contribution in [2.75, 3.05) is 0 Å². The van der Waals surface area contributed by atoms with E-state index in [0.717, 1.165) is 17.7 Å². The monoisotopic (exact) mass is 288 g/mol. The third kappa shape index (κ3) is 3.70. The molecule has 2 aromatic rings. The smallest absolute Gasteiger partial charge is 0.323 e. The summed E-state index contributed by atoms with van der Waals surface area (Å²) >= 11 is 0. The molecule has 1 aromatic carbocycles. The van der Waals surface area contributed by atoms with Crippen LogP contribution >= 0.6 is 0 Å². The van der Waals surface area contributed by atoms with E-state index in [9.17, 15) is 9.90 Å². The highest BCUT2D eigenvalue weighted by atomic mass is 16.5. The Kier molecular flexibility index (Phi) is 4.75. The number of carboxylic acid groups (broad SMARTS) is 1. The van der Waals surface area contributed by atoms with Gasteiger partial charge in [0.05, 0.1) is 6.54 Å². The van der Waals surface area contributed by atoms with Crippen molar-refractivity contribution in [3.63, 3.8) is 0 Å². The van der Waals surface area contributed by atoms with Gasteiger partial charge in [0.15, 0.2) is 5.76 Å². The quantitative estimate of drug-likeness (QED) is 0.819. The highest BCUT2D eigenvalue weighted by Crippen LogP contribution is 2.19. The summed E-state index contributed by atoms with van der Waals surface area (Å²) in [6.45, 7) is 3.99. The summed E-state index contributed by atoms with van der Waals surface area (Å²) in [5.74, 6) is -0.232. The van der Waals surface area contributed by atoms with E-state index < -0.39 is 11.5 Å². The maximum atomic E-state index is 11.4. The second kappa shape index (κ2) is 6.54. The third-order valence-electron chi connectivity index (χ3n) is 3.50. The Hall–Kier alpha value is -2.14. The largest absolute Gasteiger partial charge is 0.480 e. The van der Waals surface area contributed by atoms with Crippen LogP contribution in [0.5, 0.6) is 0 Å². The number of aliphatic carboxylic acids is 1. The normalized spacial score (nSPS) is 13.8. The first kappa shape index (κ1) is 15.3. The topological polar surface area (TPSA) is 75.4 Å². The average molecular weight is 288 g/mol. The number of hydrogen-bond donors (Lipinski definition) is 2. The lowest BCUT2D eigenvalue weighted by molar-refractivity contribution is -0.144. The summed E-state index contributed by atoms with van der Waals surface area (Å²) < 4.78 is 5.27. The fourth-order valence-electron chi connectivity index (χ4n) is 2.19. The van der Waals surface area contributed by atoms with Gasteiger partial charge in [-0.15, -0.1) is 0 Å². The molecule has 1 atom stereocenters. The molecule has 0 aliphatic rings. The third-order valence-corrected chi connectivity index (χ3v) is 3.50. The number of carbonyl (C=O) groups is 1. The molecule has 0 spiro atoms. The zero-order chi connectivity index (χ0) is 15.3. The first-order valence-electron chi connectivity index (χ1n) is 7.04.